The maximum atomic E-state index is 12.3. The molecule has 0 aliphatic carbocycles. The monoisotopic (exact) mass is 290 g/mol. The summed E-state index contributed by atoms with van der Waals surface area (Å²) in [5.41, 5.74) is 11.6. The van der Waals surface area contributed by atoms with Gasteiger partial charge in [0.25, 0.3) is 0 Å². The number of nitrogen functional groups attached to an aromatic ring is 1. The summed E-state index contributed by atoms with van der Waals surface area (Å²) >= 11 is 0. The molecule has 2 heterocycles. The lowest BCUT2D eigenvalue weighted by atomic mass is 10.1. The third-order valence-electron chi connectivity index (χ3n) is 3.04. The topological polar surface area (TPSA) is 105 Å². The summed E-state index contributed by atoms with van der Waals surface area (Å²) in [6.45, 7) is 1.69. The van der Waals surface area contributed by atoms with Gasteiger partial charge in [-0.25, -0.2) is 4.98 Å². The number of piperidine rings is 1. The molecule has 2 rings (SSSR count). The molecular weight excluding hydrogens is 273 g/mol. The van der Waals surface area contributed by atoms with Crippen LogP contribution in [0.1, 0.15) is 24.4 Å². The third-order valence-corrected chi connectivity index (χ3v) is 3.04. The van der Waals surface area contributed by atoms with E-state index in [1.807, 2.05) is 0 Å². The largest absolute Gasteiger partial charge is 0.396 e. The van der Waals surface area contributed by atoms with E-state index in [1.54, 1.807) is 0 Å². The number of aromatic nitrogens is 2. The van der Waals surface area contributed by atoms with Crippen LogP contribution in [0.25, 0.3) is 0 Å². The molecule has 0 spiro atoms. The molecule has 0 saturated carbocycles. The standard InChI is InChI=1S/C11H17F3N6/c12-11(13,14)5-7-19-8(10(16)20-7)9(15)18-6-1-3-17-4-2-6/h6,17H,1-5,16H2,(H2,15,18)(H,19,20). The van der Waals surface area contributed by atoms with E-state index in [2.05, 4.69) is 20.3 Å². The number of H-pyrrole nitrogens is 1. The Morgan fingerprint density at radius 1 is 1.35 bits per heavy atom. The first-order valence-corrected chi connectivity index (χ1v) is 6.30. The third kappa shape index (κ3) is 3.86. The van der Waals surface area contributed by atoms with Gasteiger partial charge in [0.15, 0.2) is 5.82 Å². The van der Waals surface area contributed by atoms with Crippen LogP contribution in [0.2, 0.25) is 0 Å². The van der Waals surface area contributed by atoms with Crippen molar-refractivity contribution < 1.29 is 13.2 Å². The Kier molecular flexibility index (Phi) is 4.17. The summed E-state index contributed by atoms with van der Waals surface area (Å²) in [6, 6.07) is 0.0602. The number of nitrogens with one attached hydrogen (secondary N) is 2. The molecule has 112 valence electrons. The van der Waals surface area contributed by atoms with Crippen LogP contribution in [0.5, 0.6) is 0 Å². The highest BCUT2D eigenvalue weighted by Crippen LogP contribution is 2.21. The van der Waals surface area contributed by atoms with Crippen LogP contribution >= 0.6 is 0 Å². The van der Waals surface area contributed by atoms with E-state index in [1.165, 1.54) is 0 Å². The van der Waals surface area contributed by atoms with Crippen molar-refractivity contribution in [3.05, 3.63) is 11.5 Å². The van der Waals surface area contributed by atoms with E-state index < -0.39 is 12.6 Å². The zero-order chi connectivity index (χ0) is 14.8. The van der Waals surface area contributed by atoms with Crippen LogP contribution < -0.4 is 16.8 Å². The minimum Gasteiger partial charge on any atom is -0.382 e. The molecule has 9 heteroatoms. The van der Waals surface area contributed by atoms with Crippen LogP contribution in [0.15, 0.2) is 4.99 Å². The summed E-state index contributed by atoms with van der Waals surface area (Å²) in [4.78, 5) is 10.4. The Hall–Kier alpha value is -1.77. The van der Waals surface area contributed by atoms with Gasteiger partial charge in [-0.05, 0) is 25.9 Å². The molecule has 1 aliphatic heterocycles. The lowest BCUT2D eigenvalue weighted by Gasteiger charge is -2.19. The number of nitrogens with two attached hydrogens (primary N) is 2. The van der Waals surface area contributed by atoms with Gasteiger partial charge >= 0.3 is 6.18 Å². The minimum absolute atomic E-state index is 0.0561. The molecule has 6 N–H and O–H groups in total. The number of alkyl halides is 3. The van der Waals surface area contributed by atoms with E-state index in [0.29, 0.717) is 0 Å². The predicted octanol–water partition coefficient (Wildman–Crippen LogP) is 0.554. The van der Waals surface area contributed by atoms with E-state index in [0.717, 1.165) is 25.9 Å². The number of aromatic amines is 1. The Bertz CT molecular complexity index is 487. The molecule has 20 heavy (non-hydrogen) atoms. The van der Waals surface area contributed by atoms with Gasteiger partial charge < -0.3 is 21.8 Å². The molecule has 1 aromatic rings. The number of amidine groups is 1. The molecule has 1 aromatic heterocycles. The fourth-order valence-corrected chi connectivity index (χ4v) is 2.10. The van der Waals surface area contributed by atoms with Gasteiger partial charge in [0.1, 0.15) is 23.8 Å². The summed E-state index contributed by atoms with van der Waals surface area (Å²) in [5.74, 6) is -0.205. The first-order valence-electron chi connectivity index (χ1n) is 6.30. The second-order valence-electron chi connectivity index (χ2n) is 4.73. The second kappa shape index (κ2) is 5.70. The predicted molar refractivity (Wildman–Crippen MR) is 69.4 cm³/mol. The summed E-state index contributed by atoms with van der Waals surface area (Å²) in [6.07, 6.45) is -3.84. The molecule has 0 unspecified atom stereocenters. The van der Waals surface area contributed by atoms with Crippen LogP contribution in [0, 0.1) is 0 Å². The van der Waals surface area contributed by atoms with Crippen molar-refractivity contribution in [1.82, 2.24) is 15.3 Å². The number of rotatable bonds is 3. The van der Waals surface area contributed by atoms with Crippen LogP contribution in [-0.2, 0) is 6.42 Å². The zero-order valence-corrected chi connectivity index (χ0v) is 10.8. The van der Waals surface area contributed by atoms with Gasteiger partial charge in [-0.3, -0.25) is 4.99 Å². The molecule has 1 fully saturated rings. The fourth-order valence-electron chi connectivity index (χ4n) is 2.10. The highest BCUT2D eigenvalue weighted by Gasteiger charge is 2.30. The van der Waals surface area contributed by atoms with Crippen molar-refractivity contribution in [2.24, 2.45) is 10.7 Å². The number of hydrogen-bond acceptors (Lipinski definition) is 4. The number of aliphatic imine (C=N–C) groups is 1. The number of hydrogen-bond donors (Lipinski definition) is 4. The molecular formula is C11H17F3N6. The van der Waals surface area contributed by atoms with Gasteiger partial charge in [-0.2, -0.15) is 13.2 Å². The molecule has 6 nitrogen and oxygen atoms in total. The average Bonchev–Trinajstić information content (AvgIpc) is 2.69. The fraction of sp³-hybridized carbons (Fsp3) is 0.636. The zero-order valence-electron chi connectivity index (χ0n) is 10.8. The Balaban J connectivity index is 2.13. The van der Waals surface area contributed by atoms with Crippen LogP contribution in [-0.4, -0.2) is 41.1 Å². The van der Waals surface area contributed by atoms with Crippen molar-refractivity contribution in [3.63, 3.8) is 0 Å². The smallest absolute Gasteiger partial charge is 0.382 e. The Labute approximate surface area is 113 Å². The van der Waals surface area contributed by atoms with Crippen molar-refractivity contribution in [2.45, 2.75) is 31.5 Å². The maximum absolute atomic E-state index is 12.3. The first kappa shape index (κ1) is 14.6. The number of nitrogens with zero attached hydrogens (tertiary/aromatic N) is 2. The Morgan fingerprint density at radius 3 is 2.60 bits per heavy atom. The summed E-state index contributed by atoms with van der Waals surface area (Å²) in [7, 11) is 0. The molecule has 0 amide bonds. The second-order valence-corrected chi connectivity index (χ2v) is 4.73. The minimum atomic E-state index is -4.34. The maximum Gasteiger partial charge on any atom is 0.396 e. The van der Waals surface area contributed by atoms with Crippen molar-refractivity contribution in [1.29, 1.82) is 0 Å². The molecule has 0 bridgehead atoms. The van der Waals surface area contributed by atoms with Gasteiger partial charge in [0, 0.05) is 0 Å². The van der Waals surface area contributed by atoms with Crippen LogP contribution in [0.4, 0.5) is 19.0 Å². The van der Waals surface area contributed by atoms with Crippen molar-refractivity contribution >= 4 is 11.7 Å². The van der Waals surface area contributed by atoms with Crippen LogP contribution in [0.3, 0.4) is 0 Å². The van der Waals surface area contributed by atoms with Gasteiger partial charge in [0.05, 0.1) is 6.04 Å². The van der Waals surface area contributed by atoms with Gasteiger partial charge in [0.2, 0.25) is 0 Å². The molecule has 0 aromatic carbocycles. The number of imidazole rings is 1. The van der Waals surface area contributed by atoms with E-state index in [-0.39, 0.29) is 29.2 Å². The normalized spacial score (nSPS) is 18.4. The van der Waals surface area contributed by atoms with Crippen molar-refractivity contribution in [3.8, 4) is 0 Å². The van der Waals surface area contributed by atoms with Gasteiger partial charge in [-0.15, -0.1) is 0 Å². The Morgan fingerprint density at radius 2 is 2.00 bits per heavy atom. The average molecular weight is 290 g/mol. The summed E-state index contributed by atoms with van der Waals surface area (Å²) in [5, 5.41) is 3.19. The SMILES string of the molecule is NC(=NC1CCNCC1)c1[nH]c(CC(F)(F)F)nc1N. The lowest BCUT2D eigenvalue weighted by Crippen LogP contribution is -2.31. The van der Waals surface area contributed by atoms with E-state index >= 15 is 0 Å². The molecule has 0 atom stereocenters. The van der Waals surface area contributed by atoms with E-state index in [9.17, 15) is 13.2 Å². The van der Waals surface area contributed by atoms with Crippen molar-refractivity contribution in [2.75, 3.05) is 18.8 Å². The molecule has 1 saturated heterocycles. The highest BCUT2D eigenvalue weighted by molar-refractivity contribution is 5.99. The quantitative estimate of drug-likeness (QED) is 0.482. The lowest BCUT2D eigenvalue weighted by molar-refractivity contribution is -0.128. The highest BCUT2D eigenvalue weighted by atomic mass is 19.4. The number of halogens is 3. The molecule has 0 radical (unpaired) electrons. The van der Waals surface area contributed by atoms with Gasteiger partial charge in [-0.1, -0.05) is 0 Å². The first-order chi connectivity index (χ1) is 9.35. The van der Waals surface area contributed by atoms with E-state index in [4.69, 9.17) is 11.5 Å². The number of anilines is 1. The summed E-state index contributed by atoms with van der Waals surface area (Å²) < 4.78 is 36.9. The molecule has 1 aliphatic rings.